The fourth-order valence-electron chi connectivity index (χ4n) is 2.26. The molecule has 0 saturated carbocycles. The molecule has 1 rings (SSSR count). The number of nitrogens with zero attached hydrogens (tertiary/aromatic N) is 2. The van der Waals surface area contributed by atoms with Crippen LogP contribution in [0.2, 0.25) is 0 Å². The Morgan fingerprint density at radius 2 is 1.90 bits per heavy atom. The summed E-state index contributed by atoms with van der Waals surface area (Å²) in [5.41, 5.74) is 1.09. The van der Waals surface area contributed by atoms with Crippen molar-refractivity contribution in [2.24, 2.45) is 11.3 Å². The van der Waals surface area contributed by atoms with Crippen molar-refractivity contribution in [2.45, 2.75) is 73.3 Å². The fraction of sp³-hybridized carbons (Fsp3) is 0.765. The highest BCUT2D eigenvalue weighted by atomic mass is 16.1. The third-order valence-corrected chi connectivity index (χ3v) is 4.37. The van der Waals surface area contributed by atoms with Crippen molar-refractivity contribution in [3.8, 4) is 0 Å². The topological polar surface area (TPSA) is 34.9 Å². The van der Waals surface area contributed by atoms with Crippen LogP contribution in [-0.2, 0) is 11.2 Å². The number of hydrogen-bond donors (Lipinski definition) is 0. The van der Waals surface area contributed by atoms with Crippen molar-refractivity contribution in [3.05, 3.63) is 18.0 Å². The summed E-state index contributed by atoms with van der Waals surface area (Å²) in [7, 11) is 0. The first kappa shape index (κ1) is 16.9. The molecule has 1 aromatic rings. The van der Waals surface area contributed by atoms with Crippen LogP contribution >= 0.6 is 0 Å². The summed E-state index contributed by atoms with van der Waals surface area (Å²) in [6.07, 6.45) is 5.27. The summed E-state index contributed by atoms with van der Waals surface area (Å²) in [5, 5.41) is 4.56. The monoisotopic (exact) mass is 278 g/mol. The predicted molar refractivity (Wildman–Crippen MR) is 83.8 cm³/mol. The molecule has 20 heavy (non-hydrogen) atoms. The Morgan fingerprint density at radius 3 is 2.40 bits per heavy atom. The van der Waals surface area contributed by atoms with Crippen molar-refractivity contribution < 1.29 is 4.79 Å². The lowest BCUT2D eigenvalue weighted by molar-refractivity contribution is -0.120. The van der Waals surface area contributed by atoms with Gasteiger partial charge in [-0.05, 0) is 30.2 Å². The van der Waals surface area contributed by atoms with Crippen LogP contribution in [0.5, 0.6) is 0 Å². The van der Waals surface area contributed by atoms with Gasteiger partial charge in [-0.1, -0.05) is 41.5 Å². The minimum atomic E-state index is 0.185. The highest BCUT2D eigenvalue weighted by molar-refractivity contribution is 5.80. The predicted octanol–water partition coefficient (Wildman–Crippen LogP) is 4.43. The molecule has 1 heterocycles. The highest BCUT2D eigenvalue weighted by Crippen LogP contribution is 2.28. The second kappa shape index (κ2) is 7.05. The number of hydrogen-bond acceptors (Lipinski definition) is 2. The third kappa shape index (κ3) is 4.77. The molecular weight excluding hydrogens is 248 g/mol. The molecule has 0 radical (unpaired) electrons. The van der Waals surface area contributed by atoms with E-state index in [0.717, 1.165) is 18.5 Å². The van der Waals surface area contributed by atoms with Gasteiger partial charge in [-0.3, -0.25) is 9.48 Å². The van der Waals surface area contributed by atoms with Crippen LogP contribution in [0.3, 0.4) is 0 Å². The maximum Gasteiger partial charge on any atom is 0.139 e. The van der Waals surface area contributed by atoms with E-state index in [-0.39, 0.29) is 5.41 Å². The lowest BCUT2D eigenvalue weighted by atomic mass is 9.79. The standard InChI is InChI=1S/C17H30N2O/c1-7-15(8-2)19-10-9-14(18-19)12-16(20)11-13(3)17(4,5)6/h9-10,13,15H,7-8,11-12H2,1-6H3. The molecule has 0 spiro atoms. The number of carbonyl (C=O) groups excluding carboxylic acids is 1. The molecule has 0 fully saturated rings. The zero-order valence-electron chi connectivity index (χ0n) is 13.9. The van der Waals surface area contributed by atoms with Gasteiger partial charge in [0.25, 0.3) is 0 Å². The van der Waals surface area contributed by atoms with E-state index < -0.39 is 0 Å². The third-order valence-electron chi connectivity index (χ3n) is 4.37. The number of aromatic nitrogens is 2. The molecule has 0 aromatic carbocycles. The van der Waals surface area contributed by atoms with Crippen molar-refractivity contribution in [2.75, 3.05) is 0 Å². The van der Waals surface area contributed by atoms with E-state index in [0.29, 0.717) is 30.6 Å². The van der Waals surface area contributed by atoms with Gasteiger partial charge in [-0.15, -0.1) is 0 Å². The SMILES string of the molecule is CCC(CC)n1ccc(CC(=O)CC(C)C(C)(C)C)n1. The van der Waals surface area contributed by atoms with E-state index in [4.69, 9.17) is 0 Å². The van der Waals surface area contributed by atoms with Gasteiger partial charge in [0.1, 0.15) is 5.78 Å². The van der Waals surface area contributed by atoms with Gasteiger partial charge in [0.05, 0.1) is 18.2 Å². The first-order valence-corrected chi connectivity index (χ1v) is 7.83. The average Bonchev–Trinajstić information content (AvgIpc) is 2.77. The lowest BCUT2D eigenvalue weighted by Crippen LogP contribution is -2.21. The van der Waals surface area contributed by atoms with Crippen LogP contribution < -0.4 is 0 Å². The molecule has 0 aliphatic heterocycles. The van der Waals surface area contributed by atoms with Crippen LogP contribution in [0.15, 0.2) is 12.3 Å². The first-order valence-electron chi connectivity index (χ1n) is 7.83. The van der Waals surface area contributed by atoms with Gasteiger partial charge in [0.15, 0.2) is 0 Å². The van der Waals surface area contributed by atoms with Gasteiger partial charge >= 0.3 is 0 Å². The number of ketones is 1. The Balaban J connectivity index is 2.59. The Kier molecular flexibility index (Phi) is 5.97. The van der Waals surface area contributed by atoms with Crippen LogP contribution in [0.25, 0.3) is 0 Å². The smallest absolute Gasteiger partial charge is 0.139 e. The Bertz CT molecular complexity index is 424. The molecule has 1 atom stereocenters. The van der Waals surface area contributed by atoms with Crippen molar-refractivity contribution in [3.63, 3.8) is 0 Å². The van der Waals surface area contributed by atoms with Crippen molar-refractivity contribution in [1.29, 1.82) is 0 Å². The number of Topliss-reactive ketones (excluding diaryl/α,β-unsaturated/α-hetero) is 1. The molecule has 0 saturated heterocycles. The Morgan fingerprint density at radius 1 is 1.30 bits per heavy atom. The first-order chi connectivity index (χ1) is 9.27. The van der Waals surface area contributed by atoms with Crippen LogP contribution in [-0.4, -0.2) is 15.6 Å². The zero-order chi connectivity index (χ0) is 15.3. The fourth-order valence-corrected chi connectivity index (χ4v) is 2.26. The maximum atomic E-state index is 12.1. The van der Waals surface area contributed by atoms with E-state index in [1.165, 1.54) is 0 Å². The van der Waals surface area contributed by atoms with Gasteiger partial charge in [-0.2, -0.15) is 5.10 Å². The van der Waals surface area contributed by atoms with E-state index in [9.17, 15) is 4.79 Å². The van der Waals surface area contributed by atoms with Gasteiger partial charge in [-0.25, -0.2) is 0 Å². The summed E-state index contributed by atoms with van der Waals surface area (Å²) in [6, 6.07) is 2.44. The van der Waals surface area contributed by atoms with Crippen LogP contribution in [0.4, 0.5) is 0 Å². The second-order valence-corrected chi connectivity index (χ2v) is 6.94. The van der Waals surface area contributed by atoms with Crippen molar-refractivity contribution >= 4 is 5.78 Å². The summed E-state index contributed by atoms with van der Waals surface area (Å²) < 4.78 is 2.01. The highest BCUT2D eigenvalue weighted by Gasteiger charge is 2.22. The minimum Gasteiger partial charge on any atom is -0.299 e. The van der Waals surface area contributed by atoms with Crippen molar-refractivity contribution in [1.82, 2.24) is 9.78 Å². The molecule has 0 aliphatic carbocycles. The second-order valence-electron chi connectivity index (χ2n) is 6.94. The number of rotatable bonds is 7. The molecular formula is C17H30N2O. The molecule has 0 amide bonds. The van der Waals surface area contributed by atoms with Gasteiger partial charge < -0.3 is 0 Å². The molecule has 3 nitrogen and oxygen atoms in total. The molecule has 114 valence electrons. The molecule has 0 bridgehead atoms. The Labute approximate surface area is 123 Å². The zero-order valence-corrected chi connectivity index (χ0v) is 13.9. The average molecular weight is 278 g/mol. The number of carbonyl (C=O) groups is 1. The Hall–Kier alpha value is -1.12. The lowest BCUT2D eigenvalue weighted by Gasteiger charge is -2.26. The molecule has 0 aliphatic rings. The van der Waals surface area contributed by atoms with E-state index >= 15 is 0 Å². The van der Waals surface area contributed by atoms with Gasteiger partial charge in [0, 0.05) is 12.6 Å². The van der Waals surface area contributed by atoms with Crippen LogP contribution in [0.1, 0.15) is 72.5 Å². The van der Waals surface area contributed by atoms with Gasteiger partial charge in [0.2, 0.25) is 0 Å². The molecule has 1 unspecified atom stereocenters. The normalized spacial score (nSPS) is 13.8. The summed E-state index contributed by atoms with van der Waals surface area (Å²) in [5.74, 6) is 0.693. The minimum absolute atomic E-state index is 0.185. The quantitative estimate of drug-likeness (QED) is 0.739. The van der Waals surface area contributed by atoms with Crippen LogP contribution in [0, 0.1) is 11.3 Å². The molecule has 0 N–H and O–H groups in total. The van der Waals surface area contributed by atoms with E-state index in [1.807, 2.05) is 16.9 Å². The summed E-state index contributed by atoms with van der Waals surface area (Å²) in [6.45, 7) is 13.1. The molecule has 3 heteroatoms. The maximum absolute atomic E-state index is 12.1. The van der Waals surface area contributed by atoms with E-state index in [1.54, 1.807) is 0 Å². The summed E-state index contributed by atoms with van der Waals surface area (Å²) >= 11 is 0. The largest absolute Gasteiger partial charge is 0.299 e. The molecule has 1 aromatic heterocycles. The summed E-state index contributed by atoms with van der Waals surface area (Å²) in [4.78, 5) is 12.1. The van der Waals surface area contributed by atoms with E-state index in [2.05, 4.69) is 46.6 Å².